The van der Waals surface area contributed by atoms with Crippen molar-refractivity contribution in [3.05, 3.63) is 0 Å². The molecule has 3 atom stereocenters. The second kappa shape index (κ2) is 7.40. The molecule has 0 amide bonds. The molecule has 2 N–H and O–H groups in total. The van der Waals surface area contributed by atoms with E-state index in [2.05, 4.69) is 0 Å². The number of ether oxygens (including phenoxy) is 1. The zero-order valence-corrected chi connectivity index (χ0v) is 9.66. The zero-order chi connectivity index (χ0) is 11.8. The maximum Gasteiger partial charge on any atom is 0.323 e. The third kappa shape index (κ3) is 4.93. The lowest BCUT2D eigenvalue weighted by Crippen LogP contribution is -2.40. The molecular formula is C11H20NO3. The largest absolute Gasteiger partial charge is 0.453 e. The second-order valence-corrected chi connectivity index (χ2v) is 3.74. The highest BCUT2D eigenvalue weighted by Gasteiger charge is 2.23. The topological polar surface area (TPSA) is 69.4 Å². The zero-order valence-electron chi connectivity index (χ0n) is 9.66. The summed E-state index contributed by atoms with van der Waals surface area (Å²) in [6, 6.07) is -0.650. The van der Waals surface area contributed by atoms with Gasteiger partial charge in [0.2, 0.25) is 6.29 Å². The fourth-order valence-corrected chi connectivity index (χ4v) is 1.11. The van der Waals surface area contributed by atoms with Gasteiger partial charge in [0.25, 0.3) is 0 Å². The molecule has 0 aromatic carbocycles. The van der Waals surface area contributed by atoms with Crippen molar-refractivity contribution < 1.29 is 14.3 Å². The first-order valence-electron chi connectivity index (χ1n) is 5.40. The molecule has 0 aliphatic heterocycles. The third-order valence-corrected chi connectivity index (χ3v) is 2.47. The van der Waals surface area contributed by atoms with Crippen LogP contribution >= 0.6 is 0 Å². The van der Waals surface area contributed by atoms with E-state index in [4.69, 9.17) is 10.5 Å². The van der Waals surface area contributed by atoms with Crippen LogP contribution in [0.1, 0.15) is 40.0 Å². The molecule has 15 heavy (non-hydrogen) atoms. The summed E-state index contributed by atoms with van der Waals surface area (Å²) in [5.41, 5.74) is 5.67. The summed E-state index contributed by atoms with van der Waals surface area (Å²) in [5.74, 6) is -0.447. The number of hydrogen-bond acceptors (Lipinski definition) is 4. The molecule has 0 aliphatic carbocycles. The first kappa shape index (κ1) is 14.1. The van der Waals surface area contributed by atoms with Crippen LogP contribution in [0.15, 0.2) is 0 Å². The van der Waals surface area contributed by atoms with Gasteiger partial charge in [-0.05, 0) is 12.3 Å². The molecule has 0 aromatic rings. The van der Waals surface area contributed by atoms with Crippen molar-refractivity contribution >= 4 is 12.3 Å². The van der Waals surface area contributed by atoms with Crippen LogP contribution in [0.5, 0.6) is 0 Å². The molecule has 0 rings (SSSR count). The van der Waals surface area contributed by atoms with Gasteiger partial charge in [-0.3, -0.25) is 9.59 Å². The quantitative estimate of drug-likeness (QED) is 0.646. The van der Waals surface area contributed by atoms with Gasteiger partial charge in [-0.2, -0.15) is 0 Å². The Bertz CT molecular complexity index is 206. The van der Waals surface area contributed by atoms with Crippen molar-refractivity contribution in [1.29, 1.82) is 0 Å². The van der Waals surface area contributed by atoms with E-state index in [1.165, 1.54) is 0 Å². The highest BCUT2D eigenvalue weighted by Crippen LogP contribution is 2.09. The predicted octanol–water partition coefficient (Wildman–Crippen LogP) is 1.18. The Morgan fingerprint density at radius 1 is 1.47 bits per heavy atom. The summed E-state index contributed by atoms with van der Waals surface area (Å²) in [6.07, 6.45) is 3.01. The van der Waals surface area contributed by atoms with Gasteiger partial charge in [0.05, 0.1) is 0 Å². The summed E-state index contributed by atoms with van der Waals surface area (Å²) in [6.45, 7) is 5.74. The van der Waals surface area contributed by atoms with Crippen molar-refractivity contribution in [3.63, 3.8) is 0 Å². The molecule has 1 radical (unpaired) electrons. The summed E-state index contributed by atoms with van der Waals surface area (Å²) < 4.78 is 4.94. The molecule has 87 valence electrons. The number of carbonyl (C=O) groups is 1. The average Bonchev–Trinajstić information content (AvgIpc) is 2.26. The van der Waals surface area contributed by atoms with Crippen LogP contribution in [0.2, 0.25) is 0 Å². The van der Waals surface area contributed by atoms with E-state index in [-0.39, 0.29) is 5.92 Å². The van der Waals surface area contributed by atoms with Gasteiger partial charge in [-0.15, -0.1) is 0 Å². The predicted molar refractivity (Wildman–Crippen MR) is 57.9 cm³/mol. The Morgan fingerprint density at radius 3 is 2.47 bits per heavy atom. The number of rotatable bonds is 7. The standard InChI is InChI=1S/C11H20NO3/c1-4-6-9(7-13)15-11(14)10(12)8(3)5-2/h8-10H,4-6,12H2,1-3H3/t8-,9?,10-/m0/s1. The summed E-state index contributed by atoms with van der Waals surface area (Å²) in [7, 11) is 0. The van der Waals surface area contributed by atoms with Gasteiger partial charge in [-0.25, -0.2) is 0 Å². The fourth-order valence-electron chi connectivity index (χ4n) is 1.11. The number of esters is 1. The van der Waals surface area contributed by atoms with E-state index in [0.717, 1.165) is 12.8 Å². The molecule has 0 saturated carbocycles. The van der Waals surface area contributed by atoms with E-state index in [9.17, 15) is 9.59 Å². The molecule has 4 heteroatoms. The summed E-state index contributed by atoms with van der Waals surface area (Å²) in [5, 5.41) is 0. The summed E-state index contributed by atoms with van der Waals surface area (Å²) >= 11 is 0. The normalized spacial score (nSPS) is 16.5. The summed E-state index contributed by atoms with van der Waals surface area (Å²) in [4.78, 5) is 21.9. The van der Waals surface area contributed by atoms with Gasteiger partial charge in [-0.1, -0.05) is 33.6 Å². The van der Waals surface area contributed by atoms with Crippen LogP contribution in [0, 0.1) is 5.92 Å². The monoisotopic (exact) mass is 214 g/mol. The van der Waals surface area contributed by atoms with E-state index in [0.29, 0.717) is 6.42 Å². The number of carbonyl (C=O) groups excluding carboxylic acids is 2. The maximum absolute atomic E-state index is 11.5. The molecule has 1 unspecified atom stereocenters. The van der Waals surface area contributed by atoms with Crippen LogP contribution in [0.25, 0.3) is 0 Å². The Kier molecular flexibility index (Phi) is 6.96. The molecule has 4 nitrogen and oxygen atoms in total. The third-order valence-electron chi connectivity index (χ3n) is 2.47. The second-order valence-electron chi connectivity index (χ2n) is 3.74. The van der Waals surface area contributed by atoms with Crippen LogP contribution in [0.3, 0.4) is 0 Å². The molecule has 0 fully saturated rings. The van der Waals surface area contributed by atoms with Crippen LogP contribution in [0.4, 0.5) is 0 Å². The first-order chi connectivity index (χ1) is 7.06. The minimum absolute atomic E-state index is 0.0615. The minimum Gasteiger partial charge on any atom is -0.453 e. The highest BCUT2D eigenvalue weighted by molar-refractivity contribution is 5.78. The van der Waals surface area contributed by atoms with Gasteiger partial charge >= 0.3 is 5.97 Å². The van der Waals surface area contributed by atoms with Crippen molar-refractivity contribution in [3.8, 4) is 0 Å². The SMILES string of the molecule is CCCC([C]=O)OC(=O)[C@@H](N)[C@@H](C)CC. The van der Waals surface area contributed by atoms with Crippen LogP contribution in [-0.4, -0.2) is 24.4 Å². The van der Waals surface area contributed by atoms with Crippen molar-refractivity contribution in [2.45, 2.75) is 52.2 Å². The highest BCUT2D eigenvalue weighted by atomic mass is 16.5. The van der Waals surface area contributed by atoms with E-state index >= 15 is 0 Å². The van der Waals surface area contributed by atoms with E-state index in [1.54, 1.807) is 6.29 Å². The Hall–Kier alpha value is -0.900. The van der Waals surface area contributed by atoms with Gasteiger partial charge in [0, 0.05) is 0 Å². The van der Waals surface area contributed by atoms with Crippen LogP contribution in [-0.2, 0) is 14.3 Å². The van der Waals surface area contributed by atoms with Gasteiger partial charge in [0.1, 0.15) is 6.04 Å². The molecule has 0 bridgehead atoms. The smallest absolute Gasteiger partial charge is 0.323 e. The van der Waals surface area contributed by atoms with Crippen molar-refractivity contribution in [2.24, 2.45) is 11.7 Å². The maximum atomic E-state index is 11.5. The van der Waals surface area contributed by atoms with E-state index < -0.39 is 18.1 Å². The molecular weight excluding hydrogens is 194 g/mol. The lowest BCUT2D eigenvalue weighted by atomic mass is 10.0. The molecule has 0 aliphatic rings. The molecule has 0 saturated heterocycles. The Balaban J connectivity index is 4.15. The first-order valence-corrected chi connectivity index (χ1v) is 5.40. The van der Waals surface area contributed by atoms with Gasteiger partial charge < -0.3 is 10.5 Å². The molecule has 0 heterocycles. The Labute approximate surface area is 91.2 Å². The fraction of sp³-hybridized carbons (Fsp3) is 0.818. The molecule has 0 spiro atoms. The van der Waals surface area contributed by atoms with Crippen LogP contribution < -0.4 is 5.73 Å². The molecule has 0 aromatic heterocycles. The number of nitrogens with two attached hydrogens (primary N) is 1. The van der Waals surface area contributed by atoms with E-state index in [1.807, 2.05) is 20.8 Å². The Morgan fingerprint density at radius 2 is 2.07 bits per heavy atom. The van der Waals surface area contributed by atoms with Crippen molar-refractivity contribution in [1.82, 2.24) is 0 Å². The minimum atomic E-state index is -0.766. The lowest BCUT2D eigenvalue weighted by Gasteiger charge is -2.18. The lowest BCUT2D eigenvalue weighted by molar-refractivity contribution is -0.149. The van der Waals surface area contributed by atoms with Crippen molar-refractivity contribution in [2.75, 3.05) is 0 Å². The average molecular weight is 214 g/mol. The number of hydrogen-bond donors (Lipinski definition) is 1. The van der Waals surface area contributed by atoms with Gasteiger partial charge in [0.15, 0.2) is 6.10 Å².